The van der Waals surface area contributed by atoms with E-state index in [9.17, 15) is 9.59 Å². The minimum absolute atomic E-state index is 0.0966. The zero-order valence-corrected chi connectivity index (χ0v) is 16.2. The molecule has 2 aliphatic rings. The number of nitrogens with zero attached hydrogens (tertiary/aromatic N) is 3. The molecule has 2 fully saturated rings. The first-order chi connectivity index (χ1) is 13.6. The van der Waals surface area contributed by atoms with Crippen LogP contribution in [0.5, 0.6) is 0 Å². The van der Waals surface area contributed by atoms with Gasteiger partial charge >= 0.3 is 0 Å². The van der Waals surface area contributed by atoms with Gasteiger partial charge in [0.15, 0.2) is 11.6 Å². The molecule has 1 saturated heterocycles. The minimum Gasteiger partial charge on any atom is -0.448 e. The van der Waals surface area contributed by atoms with E-state index in [1.54, 1.807) is 17.2 Å². The Balaban J connectivity index is 1.38. The molecule has 0 radical (unpaired) electrons. The number of hydrogen-bond donors (Lipinski definition) is 1. The van der Waals surface area contributed by atoms with Gasteiger partial charge in [-0.15, -0.1) is 0 Å². The lowest BCUT2D eigenvalue weighted by atomic mass is 9.97. The molecule has 2 aromatic heterocycles. The van der Waals surface area contributed by atoms with Crippen LogP contribution in [0.3, 0.4) is 0 Å². The van der Waals surface area contributed by atoms with Crippen LogP contribution in [-0.2, 0) is 4.79 Å². The fourth-order valence-electron chi connectivity index (χ4n) is 4.05. The second-order valence-corrected chi connectivity index (χ2v) is 7.85. The zero-order chi connectivity index (χ0) is 19.5. The summed E-state index contributed by atoms with van der Waals surface area (Å²) in [7, 11) is 0. The molecule has 0 aromatic carbocycles. The van der Waals surface area contributed by atoms with Gasteiger partial charge < -0.3 is 14.6 Å². The Morgan fingerprint density at radius 1 is 1.18 bits per heavy atom. The average molecular weight is 382 g/mol. The molecule has 1 saturated carbocycles. The molecule has 28 heavy (non-hydrogen) atoms. The van der Waals surface area contributed by atoms with Crippen LogP contribution in [0.15, 0.2) is 29.0 Å². The third-order valence-corrected chi connectivity index (χ3v) is 5.69. The molecule has 1 N–H and O–H groups in total. The Kier molecular flexibility index (Phi) is 5.41. The van der Waals surface area contributed by atoms with Crippen molar-refractivity contribution in [3.05, 3.63) is 41.7 Å². The van der Waals surface area contributed by atoms with E-state index in [4.69, 9.17) is 4.42 Å². The average Bonchev–Trinajstić information content (AvgIpc) is 3.41. The molecule has 0 spiro atoms. The lowest BCUT2D eigenvalue weighted by Crippen LogP contribution is -2.44. The summed E-state index contributed by atoms with van der Waals surface area (Å²) in [4.78, 5) is 35.8. The van der Waals surface area contributed by atoms with Gasteiger partial charge in [-0.2, -0.15) is 0 Å². The van der Waals surface area contributed by atoms with Crippen molar-refractivity contribution in [1.82, 2.24) is 14.9 Å². The molecule has 0 bridgehead atoms. The zero-order valence-electron chi connectivity index (χ0n) is 16.2. The molecule has 1 aliphatic carbocycles. The second-order valence-electron chi connectivity index (χ2n) is 7.85. The van der Waals surface area contributed by atoms with Crippen molar-refractivity contribution >= 4 is 17.6 Å². The van der Waals surface area contributed by atoms with Gasteiger partial charge in [0.05, 0.1) is 5.92 Å². The first-order valence-electron chi connectivity index (χ1n) is 10.1. The van der Waals surface area contributed by atoms with Crippen LogP contribution in [-0.4, -0.2) is 39.8 Å². The van der Waals surface area contributed by atoms with Crippen molar-refractivity contribution in [2.45, 2.75) is 51.4 Å². The first kappa shape index (κ1) is 18.7. The molecule has 1 atom stereocenters. The number of nitrogens with one attached hydrogen (secondary N) is 1. The third-order valence-electron chi connectivity index (χ3n) is 5.69. The summed E-state index contributed by atoms with van der Waals surface area (Å²) in [6.45, 7) is 2.98. The maximum atomic E-state index is 12.9. The standard InChI is InChI=1S/C21H26N4O3/c1-14-8-9-18(22-11-14)24-19(26)16-7-4-10-25(12-16)21(27)17-13-28-20(23-17)15-5-2-3-6-15/h8-9,11,13,15-16H,2-7,10,12H2,1H3,(H,22,24,26). The highest BCUT2D eigenvalue weighted by Gasteiger charge is 2.31. The van der Waals surface area contributed by atoms with Crippen LogP contribution < -0.4 is 5.32 Å². The van der Waals surface area contributed by atoms with Gasteiger partial charge in [-0.3, -0.25) is 9.59 Å². The summed E-state index contributed by atoms with van der Waals surface area (Å²) >= 11 is 0. The van der Waals surface area contributed by atoms with Gasteiger partial charge in [0.25, 0.3) is 5.91 Å². The molecule has 2 amide bonds. The fraction of sp³-hybridized carbons (Fsp3) is 0.524. The summed E-state index contributed by atoms with van der Waals surface area (Å²) < 4.78 is 5.58. The minimum atomic E-state index is -0.248. The molecule has 7 heteroatoms. The van der Waals surface area contributed by atoms with E-state index in [-0.39, 0.29) is 17.7 Å². The summed E-state index contributed by atoms with van der Waals surface area (Å²) in [6, 6.07) is 3.70. The summed E-state index contributed by atoms with van der Waals surface area (Å²) in [5.41, 5.74) is 1.39. The summed E-state index contributed by atoms with van der Waals surface area (Å²) in [6.07, 6.45) is 9.27. The number of rotatable bonds is 4. The number of piperidine rings is 1. The Morgan fingerprint density at radius 3 is 2.75 bits per heavy atom. The SMILES string of the molecule is Cc1ccc(NC(=O)C2CCCN(C(=O)c3coc(C4CCCC4)n3)C2)nc1. The van der Waals surface area contributed by atoms with Crippen molar-refractivity contribution in [3.63, 3.8) is 0 Å². The molecule has 1 aliphatic heterocycles. The van der Waals surface area contributed by atoms with E-state index in [0.29, 0.717) is 36.4 Å². The monoisotopic (exact) mass is 382 g/mol. The number of oxazole rings is 1. The van der Waals surface area contributed by atoms with E-state index < -0.39 is 0 Å². The topological polar surface area (TPSA) is 88.3 Å². The molecular weight excluding hydrogens is 356 g/mol. The number of carbonyl (C=O) groups is 2. The molecular formula is C21H26N4O3. The molecule has 2 aromatic rings. The molecule has 148 valence electrons. The number of hydrogen-bond acceptors (Lipinski definition) is 5. The second kappa shape index (κ2) is 8.12. The third kappa shape index (κ3) is 4.08. The molecule has 3 heterocycles. The highest BCUT2D eigenvalue weighted by Crippen LogP contribution is 2.33. The van der Waals surface area contributed by atoms with Crippen LogP contribution in [0.25, 0.3) is 0 Å². The smallest absolute Gasteiger partial charge is 0.275 e. The van der Waals surface area contributed by atoms with E-state index >= 15 is 0 Å². The van der Waals surface area contributed by atoms with E-state index in [2.05, 4.69) is 15.3 Å². The van der Waals surface area contributed by atoms with Crippen molar-refractivity contribution in [1.29, 1.82) is 0 Å². The highest BCUT2D eigenvalue weighted by molar-refractivity contribution is 5.94. The Morgan fingerprint density at radius 2 is 2.00 bits per heavy atom. The van der Waals surface area contributed by atoms with Crippen LogP contribution in [0.2, 0.25) is 0 Å². The van der Waals surface area contributed by atoms with Gasteiger partial charge in [0.1, 0.15) is 12.1 Å². The first-order valence-corrected chi connectivity index (χ1v) is 10.1. The van der Waals surface area contributed by atoms with E-state index in [1.807, 2.05) is 13.0 Å². The molecule has 1 unspecified atom stereocenters. The highest BCUT2D eigenvalue weighted by atomic mass is 16.3. The lowest BCUT2D eigenvalue weighted by molar-refractivity contribution is -0.121. The number of aryl methyl sites for hydroxylation is 1. The van der Waals surface area contributed by atoms with Crippen molar-refractivity contribution in [2.24, 2.45) is 5.92 Å². The maximum Gasteiger partial charge on any atom is 0.275 e. The fourth-order valence-corrected chi connectivity index (χ4v) is 4.05. The number of carbonyl (C=O) groups excluding carboxylic acids is 2. The van der Waals surface area contributed by atoms with Crippen LogP contribution in [0.1, 0.15) is 66.4 Å². The number of amides is 2. The number of aromatic nitrogens is 2. The number of likely N-dealkylation sites (tertiary alicyclic amines) is 1. The van der Waals surface area contributed by atoms with Crippen LogP contribution in [0.4, 0.5) is 5.82 Å². The van der Waals surface area contributed by atoms with Gasteiger partial charge in [0.2, 0.25) is 5.91 Å². The van der Waals surface area contributed by atoms with Crippen molar-refractivity contribution in [2.75, 3.05) is 18.4 Å². The van der Waals surface area contributed by atoms with Crippen molar-refractivity contribution in [3.8, 4) is 0 Å². The summed E-state index contributed by atoms with van der Waals surface area (Å²) in [5.74, 6) is 1.06. The Bertz CT molecular complexity index is 840. The van der Waals surface area contributed by atoms with Gasteiger partial charge in [-0.05, 0) is 44.2 Å². The van der Waals surface area contributed by atoms with Crippen LogP contribution >= 0.6 is 0 Å². The lowest BCUT2D eigenvalue weighted by Gasteiger charge is -2.31. The van der Waals surface area contributed by atoms with E-state index in [1.165, 1.54) is 19.1 Å². The Labute approximate surface area is 164 Å². The predicted octanol–water partition coefficient (Wildman–Crippen LogP) is 3.53. The van der Waals surface area contributed by atoms with Crippen LogP contribution in [0, 0.1) is 12.8 Å². The summed E-state index contributed by atoms with van der Waals surface area (Å²) in [5, 5.41) is 2.86. The normalized spacial score (nSPS) is 20.3. The Hall–Kier alpha value is -2.70. The van der Waals surface area contributed by atoms with E-state index in [0.717, 1.165) is 31.2 Å². The quantitative estimate of drug-likeness (QED) is 0.874. The van der Waals surface area contributed by atoms with Crippen molar-refractivity contribution < 1.29 is 14.0 Å². The number of anilines is 1. The molecule has 4 rings (SSSR count). The largest absolute Gasteiger partial charge is 0.448 e. The van der Waals surface area contributed by atoms with Gasteiger partial charge in [-0.1, -0.05) is 18.9 Å². The number of pyridine rings is 1. The van der Waals surface area contributed by atoms with Gasteiger partial charge in [-0.25, -0.2) is 9.97 Å². The van der Waals surface area contributed by atoms with Gasteiger partial charge in [0, 0.05) is 25.2 Å². The predicted molar refractivity (Wildman–Crippen MR) is 104 cm³/mol. The molecule has 7 nitrogen and oxygen atoms in total. The maximum absolute atomic E-state index is 12.9.